The molecule has 0 aliphatic carbocycles. The van der Waals surface area contributed by atoms with Gasteiger partial charge >= 0.3 is 5.97 Å². The number of esters is 1. The van der Waals surface area contributed by atoms with Crippen molar-refractivity contribution in [1.82, 2.24) is 0 Å². The summed E-state index contributed by atoms with van der Waals surface area (Å²) in [7, 11) is 0. The van der Waals surface area contributed by atoms with Crippen LogP contribution in [-0.2, 0) is 9.53 Å². The topological polar surface area (TPSA) is 26.3 Å². The third-order valence-corrected chi connectivity index (χ3v) is 3.29. The van der Waals surface area contributed by atoms with Crippen LogP contribution in [-0.4, -0.2) is 12.6 Å². The van der Waals surface area contributed by atoms with Gasteiger partial charge in [-0.2, -0.15) is 0 Å². The SMILES string of the molecule is CCCOC(=O)CC(C)c1cccc2ccccc12. The Morgan fingerprint density at radius 1 is 1.16 bits per heavy atom. The molecule has 2 nitrogen and oxygen atoms in total. The summed E-state index contributed by atoms with van der Waals surface area (Å²) in [5, 5.41) is 2.44. The van der Waals surface area contributed by atoms with Crippen molar-refractivity contribution in [3.63, 3.8) is 0 Å². The van der Waals surface area contributed by atoms with Crippen LogP contribution < -0.4 is 0 Å². The zero-order chi connectivity index (χ0) is 13.7. The van der Waals surface area contributed by atoms with Gasteiger partial charge in [0, 0.05) is 0 Å². The first kappa shape index (κ1) is 13.6. The molecule has 0 aliphatic heterocycles. The van der Waals surface area contributed by atoms with Gasteiger partial charge in [-0.3, -0.25) is 4.79 Å². The van der Waals surface area contributed by atoms with Crippen molar-refractivity contribution in [2.75, 3.05) is 6.61 Å². The average Bonchev–Trinajstić information content (AvgIpc) is 2.44. The number of fused-ring (bicyclic) bond motifs is 1. The second kappa shape index (κ2) is 6.37. The molecule has 19 heavy (non-hydrogen) atoms. The van der Waals surface area contributed by atoms with Crippen molar-refractivity contribution in [2.24, 2.45) is 0 Å². The number of carbonyl (C=O) groups is 1. The van der Waals surface area contributed by atoms with E-state index in [9.17, 15) is 4.79 Å². The summed E-state index contributed by atoms with van der Waals surface area (Å²) in [5.74, 6) is 0.0674. The zero-order valence-corrected chi connectivity index (χ0v) is 11.6. The average molecular weight is 256 g/mol. The van der Waals surface area contributed by atoms with Crippen molar-refractivity contribution >= 4 is 16.7 Å². The van der Waals surface area contributed by atoms with Gasteiger partial charge in [0.15, 0.2) is 0 Å². The van der Waals surface area contributed by atoms with Crippen LogP contribution in [0.3, 0.4) is 0 Å². The van der Waals surface area contributed by atoms with E-state index in [0.717, 1.165) is 6.42 Å². The maximum Gasteiger partial charge on any atom is 0.306 e. The quantitative estimate of drug-likeness (QED) is 0.746. The molecule has 0 heterocycles. The second-order valence-electron chi connectivity index (χ2n) is 4.89. The van der Waals surface area contributed by atoms with Gasteiger partial charge in [-0.15, -0.1) is 0 Å². The summed E-state index contributed by atoms with van der Waals surface area (Å²) in [5.41, 5.74) is 1.21. The van der Waals surface area contributed by atoms with Gasteiger partial charge in [0.2, 0.25) is 0 Å². The standard InChI is InChI=1S/C17H20O2/c1-3-11-19-17(18)12-13(2)15-10-6-8-14-7-4-5-9-16(14)15/h4-10,13H,3,11-12H2,1-2H3. The first-order valence-electron chi connectivity index (χ1n) is 6.85. The van der Waals surface area contributed by atoms with E-state index in [-0.39, 0.29) is 11.9 Å². The van der Waals surface area contributed by atoms with E-state index in [0.29, 0.717) is 13.0 Å². The van der Waals surface area contributed by atoms with Crippen LogP contribution in [0.25, 0.3) is 10.8 Å². The maximum absolute atomic E-state index is 11.7. The van der Waals surface area contributed by atoms with Crippen LogP contribution >= 0.6 is 0 Å². The molecule has 2 aromatic rings. The van der Waals surface area contributed by atoms with E-state index in [1.165, 1.54) is 16.3 Å². The molecule has 1 atom stereocenters. The monoisotopic (exact) mass is 256 g/mol. The molecule has 100 valence electrons. The van der Waals surface area contributed by atoms with E-state index in [4.69, 9.17) is 4.74 Å². The van der Waals surface area contributed by atoms with E-state index < -0.39 is 0 Å². The molecule has 0 saturated carbocycles. The second-order valence-corrected chi connectivity index (χ2v) is 4.89. The van der Waals surface area contributed by atoms with Gasteiger partial charge < -0.3 is 4.74 Å². The highest BCUT2D eigenvalue weighted by atomic mass is 16.5. The lowest BCUT2D eigenvalue weighted by Crippen LogP contribution is -2.09. The first-order valence-corrected chi connectivity index (χ1v) is 6.85. The fraction of sp³-hybridized carbons (Fsp3) is 0.353. The molecule has 0 amide bonds. The Morgan fingerprint density at radius 2 is 1.89 bits per heavy atom. The lowest BCUT2D eigenvalue weighted by atomic mass is 9.92. The number of hydrogen-bond acceptors (Lipinski definition) is 2. The molecule has 0 spiro atoms. The normalized spacial score (nSPS) is 12.3. The van der Waals surface area contributed by atoms with Crippen molar-refractivity contribution in [1.29, 1.82) is 0 Å². The third-order valence-electron chi connectivity index (χ3n) is 3.29. The predicted octanol–water partition coefficient (Wildman–Crippen LogP) is 4.29. The van der Waals surface area contributed by atoms with Crippen molar-refractivity contribution in [3.8, 4) is 0 Å². The molecule has 1 unspecified atom stereocenters. The van der Waals surface area contributed by atoms with Gasteiger partial charge in [-0.25, -0.2) is 0 Å². The molecule has 2 rings (SSSR count). The summed E-state index contributed by atoms with van der Waals surface area (Å²) in [6.45, 7) is 4.59. The number of hydrogen-bond donors (Lipinski definition) is 0. The van der Waals surface area contributed by atoms with Gasteiger partial charge in [0.05, 0.1) is 13.0 Å². The summed E-state index contributed by atoms with van der Waals surface area (Å²) in [4.78, 5) is 11.7. The number of carbonyl (C=O) groups excluding carboxylic acids is 1. The van der Waals surface area contributed by atoms with Gasteiger partial charge in [-0.05, 0) is 28.7 Å². The lowest BCUT2D eigenvalue weighted by molar-refractivity contribution is -0.144. The summed E-state index contributed by atoms with van der Waals surface area (Å²) in [6, 6.07) is 14.5. The van der Waals surface area contributed by atoms with Crippen LogP contribution in [0, 0.1) is 0 Å². The third kappa shape index (κ3) is 3.34. The largest absolute Gasteiger partial charge is 0.466 e. The number of rotatable bonds is 5. The minimum atomic E-state index is -0.109. The smallest absolute Gasteiger partial charge is 0.306 e. The Kier molecular flexibility index (Phi) is 4.56. The molecular formula is C17H20O2. The van der Waals surface area contributed by atoms with Crippen LogP contribution in [0.4, 0.5) is 0 Å². The highest BCUT2D eigenvalue weighted by Gasteiger charge is 2.14. The van der Waals surface area contributed by atoms with E-state index in [2.05, 4.69) is 31.2 Å². The van der Waals surface area contributed by atoms with Crippen LogP contribution in [0.5, 0.6) is 0 Å². The zero-order valence-electron chi connectivity index (χ0n) is 11.6. The Morgan fingerprint density at radius 3 is 2.68 bits per heavy atom. The molecule has 2 aromatic carbocycles. The summed E-state index contributed by atoms with van der Waals surface area (Å²) >= 11 is 0. The number of ether oxygens (including phenoxy) is 1. The molecule has 0 N–H and O–H groups in total. The molecule has 0 aromatic heterocycles. The molecule has 0 aliphatic rings. The van der Waals surface area contributed by atoms with Crippen LogP contribution in [0.2, 0.25) is 0 Å². The van der Waals surface area contributed by atoms with Gasteiger partial charge in [0.1, 0.15) is 0 Å². The van der Waals surface area contributed by atoms with Crippen molar-refractivity contribution in [3.05, 3.63) is 48.0 Å². The summed E-state index contributed by atoms with van der Waals surface area (Å²) in [6.07, 6.45) is 1.31. The molecule has 0 fully saturated rings. The predicted molar refractivity (Wildman–Crippen MR) is 78.2 cm³/mol. The minimum Gasteiger partial charge on any atom is -0.466 e. The summed E-state index contributed by atoms with van der Waals surface area (Å²) < 4.78 is 5.16. The lowest BCUT2D eigenvalue weighted by Gasteiger charge is -2.14. The van der Waals surface area contributed by atoms with E-state index >= 15 is 0 Å². The Bertz CT molecular complexity index is 555. The molecule has 0 radical (unpaired) electrons. The fourth-order valence-corrected chi connectivity index (χ4v) is 2.31. The first-order chi connectivity index (χ1) is 9.22. The Hall–Kier alpha value is -1.83. The van der Waals surface area contributed by atoms with Gasteiger partial charge in [-0.1, -0.05) is 56.3 Å². The molecule has 2 heteroatoms. The fourth-order valence-electron chi connectivity index (χ4n) is 2.31. The molecular weight excluding hydrogens is 236 g/mol. The highest BCUT2D eigenvalue weighted by Crippen LogP contribution is 2.27. The molecule has 0 saturated heterocycles. The highest BCUT2D eigenvalue weighted by molar-refractivity contribution is 5.86. The Balaban J connectivity index is 2.17. The van der Waals surface area contributed by atoms with Gasteiger partial charge in [0.25, 0.3) is 0 Å². The minimum absolute atomic E-state index is 0.109. The Labute approximate surface area is 114 Å². The maximum atomic E-state index is 11.7. The van der Waals surface area contributed by atoms with E-state index in [1.54, 1.807) is 0 Å². The van der Waals surface area contributed by atoms with Crippen LogP contribution in [0.15, 0.2) is 42.5 Å². The van der Waals surface area contributed by atoms with Crippen molar-refractivity contribution in [2.45, 2.75) is 32.6 Å². The van der Waals surface area contributed by atoms with Crippen LogP contribution in [0.1, 0.15) is 38.2 Å². The van der Waals surface area contributed by atoms with Crippen molar-refractivity contribution < 1.29 is 9.53 Å². The molecule has 0 bridgehead atoms. The van der Waals surface area contributed by atoms with E-state index in [1.807, 2.05) is 25.1 Å². The number of benzene rings is 2.